The number of Topliss-reactive ketones (excluding diaryl/α,β-unsaturated/α-hetero) is 1. The lowest BCUT2D eigenvalue weighted by molar-refractivity contribution is -0.121. The van der Waals surface area contributed by atoms with Gasteiger partial charge in [0.2, 0.25) is 0 Å². The van der Waals surface area contributed by atoms with Gasteiger partial charge in [0.15, 0.2) is 0 Å². The summed E-state index contributed by atoms with van der Waals surface area (Å²) in [6.07, 6.45) is 1.75. The molecule has 0 unspecified atom stereocenters. The van der Waals surface area contributed by atoms with Gasteiger partial charge in [-0.15, -0.1) is 0 Å². The molecule has 0 saturated heterocycles. The smallest absolute Gasteiger partial charge is 0.133 e. The third-order valence-electron chi connectivity index (χ3n) is 6.84. The van der Waals surface area contributed by atoms with E-state index in [2.05, 4.69) is 0 Å². The Bertz CT molecular complexity index is 1300. The Morgan fingerprint density at radius 1 is 0.722 bits per heavy atom. The number of aromatic hydroxyl groups is 1. The van der Waals surface area contributed by atoms with E-state index in [4.69, 9.17) is 9.47 Å². The fourth-order valence-electron chi connectivity index (χ4n) is 5.00. The minimum absolute atomic E-state index is 0.0398. The van der Waals surface area contributed by atoms with Crippen molar-refractivity contribution >= 4 is 5.78 Å². The number of benzene rings is 4. The highest BCUT2D eigenvalue weighted by atomic mass is 16.5. The molecule has 0 heterocycles. The average molecular weight is 479 g/mol. The van der Waals surface area contributed by atoms with Crippen LogP contribution in [0.1, 0.15) is 53.4 Å². The minimum atomic E-state index is -0.0398. The van der Waals surface area contributed by atoms with Crippen LogP contribution in [0.3, 0.4) is 0 Å². The van der Waals surface area contributed by atoms with Gasteiger partial charge in [-0.25, -0.2) is 0 Å². The Morgan fingerprint density at radius 3 is 2.11 bits per heavy atom. The van der Waals surface area contributed by atoms with Gasteiger partial charge in [0.05, 0.1) is 0 Å². The number of phenolic OH excluding ortho intramolecular Hbond substituents is 1. The number of phenols is 1. The van der Waals surface area contributed by atoms with Crippen LogP contribution in [-0.2, 0) is 18.0 Å². The van der Waals surface area contributed by atoms with E-state index in [-0.39, 0.29) is 23.4 Å². The summed E-state index contributed by atoms with van der Waals surface area (Å²) in [6, 6.07) is 33.5. The fraction of sp³-hybridized carbons (Fsp3) is 0.219. The Balaban J connectivity index is 1.46. The lowest BCUT2D eigenvalue weighted by Gasteiger charge is -2.33. The van der Waals surface area contributed by atoms with Crippen LogP contribution in [0.15, 0.2) is 103 Å². The molecule has 4 aromatic rings. The summed E-state index contributed by atoms with van der Waals surface area (Å²) in [6.45, 7) is 0.888. The van der Waals surface area contributed by atoms with Crippen molar-refractivity contribution in [1.29, 1.82) is 0 Å². The molecule has 5 rings (SSSR count). The molecule has 1 saturated carbocycles. The van der Waals surface area contributed by atoms with Gasteiger partial charge < -0.3 is 14.6 Å². The fourth-order valence-corrected chi connectivity index (χ4v) is 5.00. The Hall–Kier alpha value is -4.05. The number of hydrogen-bond acceptors (Lipinski definition) is 4. The first kappa shape index (κ1) is 23.7. The van der Waals surface area contributed by atoms with Crippen LogP contribution in [0.2, 0.25) is 0 Å². The summed E-state index contributed by atoms with van der Waals surface area (Å²) < 4.78 is 12.5. The number of hydrogen-bond donors (Lipinski definition) is 1. The Morgan fingerprint density at radius 2 is 1.42 bits per heavy atom. The standard InChI is InChI=1S/C32H30O4/c33-26-13-7-12-25(18-26)29-16-14-27(34)19-31(29)30-17-15-28(35-21-23-8-3-1-4-9-23)20-32(30)36-22-24-10-5-2-6-11-24/h1-13,15,17-18,20,29,31,33H,14,16,19,21-22H2/t29-,31+/m1/s1. The maximum atomic E-state index is 12.6. The lowest BCUT2D eigenvalue weighted by atomic mass is 9.71. The summed E-state index contributed by atoms with van der Waals surface area (Å²) >= 11 is 0. The van der Waals surface area contributed by atoms with Crippen LogP contribution in [0, 0.1) is 0 Å². The van der Waals surface area contributed by atoms with Crippen molar-refractivity contribution < 1.29 is 19.4 Å². The molecule has 2 atom stereocenters. The molecule has 4 aromatic carbocycles. The highest BCUT2D eigenvalue weighted by Crippen LogP contribution is 2.47. The molecule has 0 amide bonds. The van der Waals surface area contributed by atoms with Crippen LogP contribution in [0.4, 0.5) is 0 Å². The van der Waals surface area contributed by atoms with Gasteiger partial charge in [0.1, 0.15) is 36.2 Å². The maximum Gasteiger partial charge on any atom is 0.133 e. The van der Waals surface area contributed by atoms with E-state index in [1.807, 2.05) is 97.1 Å². The average Bonchev–Trinajstić information content (AvgIpc) is 2.92. The van der Waals surface area contributed by atoms with Gasteiger partial charge in [-0.2, -0.15) is 0 Å². The Kier molecular flexibility index (Phi) is 7.32. The van der Waals surface area contributed by atoms with Crippen molar-refractivity contribution in [3.63, 3.8) is 0 Å². The Labute approximate surface area is 212 Å². The molecule has 0 aliphatic heterocycles. The van der Waals surface area contributed by atoms with E-state index in [0.29, 0.717) is 26.1 Å². The van der Waals surface area contributed by atoms with E-state index in [0.717, 1.165) is 40.2 Å². The maximum absolute atomic E-state index is 12.6. The van der Waals surface area contributed by atoms with Crippen molar-refractivity contribution in [3.05, 3.63) is 125 Å². The molecule has 0 spiro atoms. The third kappa shape index (κ3) is 5.77. The predicted molar refractivity (Wildman–Crippen MR) is 140 cm³/mol. The van der Waals surface area contributed by atoms with E-state index in [1.165, 1.54) is 0 Å². The van der Waals surface area contributed by atoms with Crippen LogP contribution in [0.25, 0.3) is 0 Å². The monoisotopic (exact) mass is 478 g/mol. The normalized spacial score (nSPS) is 17.5. The molecule has 1 fully saturated rings. The zero-order valence-corrected chi connectivity index (χ0v) is 20.2. The molecular formula is C32H30O4. The molecular weight excluding hydrogens is 448 g/mol. The second-order valence-electron chi connectivity index (χ2n) is 9.34. The van der Waals surface area contributed by atoms with E-state index < -0.39 is 0 Å². The molecule has 0 bridgehead atoms. The van der Waals surface area contributed by atoms with Crippen LogP contribution in [-0.4, -0.2) is 10.9 Å². The number of ether oxygens (including phenoxy) is 2. The molecule has 0 aromatic heterocycles. The first-order chi connectivity index (χ1) is 17.7. The van der Waals surface area contributed by atoms with Crippen LogP contribution < -0.4 is 9.47 Å². The topological polar surface area (TPSA) is 55.8 Å². The number of carbonyl (C=O) groups excluding carboxylic acids is 1. The third-order valence-corrected chi connectivity index (χ3v) is 6.84. The molecule has 0 radical (unpaired) electrons. The molecule has 4 nitrogen and oxygen atoms in total. The van der Waals surface area contributed by atoms with Crippen LogP contribution >= 0.6 is 0 Å². The molecule has 182 valence electrons. The van der Waals surface area contributed by atoms with E-state index >= 15 is 0 Å². The first-order valence-corrected chi connectivity index (χ1v) is 12.4. The molecule has 4 heteroatoms. The summed E-state index contributed by atoms with van der Waals surface area (Å²) in [5.74, 6) is 2.03. The van der Waals surface area contributed by atoms with Gasteiger partial charge in [0.25, 0.3) is 0 Å². The first-order valence-electron chi connectivity index (χ1n) is 12.4. The summed E-state index contributed by atoms with van der Waals surface area (Å²) in [4.78, 5) is 12.6. The number of ketones is 1. The summed E-state index contributed by atoms with van der Waals surface area (Å²) in [5, 5.41) is 10.1. The van der Waals surface area contributed by atoms with E-state index in [1.54, 1.807) is 6.07 Å². The highest BCUT2D eigenvalue weighted by Gasteiger charge is 2.33. The van der Waals surface area contributed by atoms with Gasteiger partial charge in [-0.3, -0.25) is 4.79 Å². The van der Waals surface area contributed by atoms with E-state index in [9.17, 15) is 9.90 Å². The van der Waals surface area contributed by atoms with Gasteiger partial charge >= 0.3 is 0 Å². The highest BCUT2D eigenvalue weighted by molar-refractivity contribution is 5.81. The minimum Gasteiger partial charge on any atom is -0.508 e. The molecule has 36 heavy (non-hydrogen) atoms. The second kappa shape index (κ2) is 11.1. The van der Waals surface area contributed by atoms with Gasteiger partial charge in [-0.1, -0.05) is 78.9 Å². The second-order valence-corrected chi connectivity index (χ2v) is 9.34. The van der Waals surface area contributed by atoms with Gasteiger partial charge in [-0.05, 0) is 52.8 Å². The zero-order valence-electron chi connectivity index (χ0n) is 20.2. The van der Waals surface area contributed by atoms with Crippen LogP contribution in [0.5, 0.6) is 17.2 Å². The largest absolute Gasteiger partial charge is 0.508 e. The molecule has 1 N–H and O–H groups in total. The van der Waals surface area contributed by atoms with Crippen molar-refractivity contribution in [2.24, 2.45) is 0 Å². The SMILES string of the molecule is O=C1CC[C@H](c2cccc(O)c2)[C@@H](c2ccc(OCc3ccccc3)cc2OCc2ccccc2)C1. The number of carbonyl (C=O) groups is 1. The van der Waals surface area contributed by atoms with Crippen molar-refractivity contribution in [2.45, 2.75) is 44.3 Å². The quantitative estimate of drug-likeness (QED) is 0.292. The molecule has 1 aliphatic rings. The van der Waals surface area contributed by atoms with Crippen molar-refractivity contribution in [1.82, 2.24) is 0 Å². The van der Waals surface area contributed by atoms with Crippen molar-refractivity contribution in [2.75, 3.05) is 0 Å². The zero-order chi connectivity index (χ0) is 24.7. The number of rotatable bonds is 8. The van der Waals surface area contributed by atoms with Crippen molar-refractivity contribution in [3.8, 4) is 17.2 Å². The lowest BCUT2D eigenvalue weighted by Crippen LogP contribution is -2.22. The van der Waals surface area contributed by atoms with Gasteiger partial charge in [0, 0.05) is 24.8 Å². The summed E-state index contributed by atoms with van der Waals surface area (Å²) in [5.41, 5.74) is 4.21. The summed E-state index contributed by atoms with van der Waals surface area (Å²) in [7, 11) is 0. The predicted octanol–water partition coefficient (Wildman–Crippen LogP) is 7.17. The molecule has 1 aliphatic carbocycles.